The van der Waals surface area contributed by atoms with Crippen molar-refractivity contribution in [2.24, 2.45) is 0 Å². The van der Waals surface area contributed by atoms with E-state index in [9.17, 15) is 28.9 Å². The summed E-state index contributed by atoms with van der Waals surface area (Å²) < 4.78 is 39.3. The smallest absolute Gasteiger partial charge is 0.462 e. The van der Waals surface area contributed by atoms with Gasteiger partial charge in [-0.2, -0.15) is 0 Å². The zero-order chi connectivity index (χ0) is 52.7. The first-order chi connectivity index (χ1) is 35.2. The molecule has 0 bridgehead atoms. The molecular weight excluding hydrogens is 928 g/mol. The van der Waals surface area contributed by atoms with Gasteiger partial charge in [0, 0.05) is 19.3 Å². The second-order valence-electron chi connectivity index (χ2n) is 17.6. The van der Waals surface area contributed by atoms with Crippen LogP contribution in [-0.4, -0.2) is 66.5 Å². The molecule has 0 amide bonds. The molecule has 0 aliphatic rings. The molecule has 0 aromatic rings. The van der Waals surface area contributed by atoms with Gasteiger partial charge in [-0.05, 0) is 122 Å². The fraction of sp³-hybridized carbons (Fsp3) is 0.617. The molecule has 0 aromatic carbocycles. The standard InChI is InChI=1S/C60H97O11P/c1-4-7-10-13-16-19-22-24-26-27-28-29-31-32-35-37-40-43-46-49-58(62)67-53-57(71-60(64)51-48-45-42-39-36-33-30-25-23-20-17-14-11-8-5-2)55-69-72(65,66)68-54-56(52-61)70-59(63)50-47-44-41-38-34-21-18-15-12-9-6-3/h7-8,10-11,15-20,24-26,28-30,32,35-36,39,56-57,61H,4-6,9,12-14,21-23,27,31,33-34,37-38,40-55H2,1-3H3,(H,65,66)/b10-7-,11-8-,18-15-,19-16-,20-17-,26-24-,29-28-,30-25-,35-32-,39-36-. The zero-order valence-electron chi connectivity index (χ0n) is 44.8. The van der Waals surface area contributed by atoms with Crippen molar-refractivity contribution < 1.29 is 52.2 Å². The predicted octanol–water partition coefficient (Wildman–Crippen LogP) is 16.0. The molecule has 0 saturated heterocycles. The van der Waals surface area contributed by atoms with E-state index in [1.807, 2.05) is 0 Å². The van der Waals surface area contributed by atoms with E-state index in [1.165, 1.54) is 12.8 Å². The lowest BCUT2D eigenvalue weighted by atomic mass is 10.1. The normalized spacial score (nSPS) is 14.3. The molecule has 0 saturated carbocycles. The van der Waals surface area contributed by atoms with Crippen LogP contribution in [0.4, 0.5) is 0 Å². The van der Waals surface area contributed by atoms with E-state index in [-0.39, 0.29) is 25.9 Å². The third-order valence-corrected chi connectivity index (χ3v) is 11.8. The highest BCUT2D eigenvalue weighted by atomic mass is 31.2. The molecular formula is C60H97O11P. The summed E-state index contributed by atoms with van der Waals surface area (Å²) >= 11 is 0. The summed E-state index contributed by atoms with van der Waals surface area (Å²) in [5, 5.41) is 9.78. The predicted molar refractivity (Wildman–Crippen MR) is 297 cm³/mol. The fourth-order valence-electron chi connectivity index (χ4n) is 6.71. The maximum Gasteiger partial charge on any atom is 0.472 e. The highest BCUT2D eigenvalue weighted by Crippen LogP contribution is 2.43. The molecule has 2 N–H and O–H groups in total. The number of unbranched alkanes of at least 4 members (excludes halogenated alkanes) is 12. The summed E-state index contributed by atoms with van der Waals surface area (Å²) in [6, 6.07) is 0. The molecule has 408 valence electrons. The Labute approximate surface area is 437 Å². The van der Waals surface area contributed by atoms with Gasteiger partial charge in [0.05, 0.1) is 19.8 Å². The molecule has 0 aromatic heterocycles. The molecule has 0 radical (unpaired) electrons. The van der Waals surface area contributed by atoms with E-state index < -0.39 is 57.8 Å². The summed E-state index contributed by atoms with van der Waals surface area (Å²) in [5.74, 6) is -1.58. The van der Waals surface area contributed by atoms with Crippen LogP contribution in [0.15, 0.2) is 122 Å². The van der Waals surface area contributed by atoms with Crippen molar-refractivity contribution in [2.75, 3.05) is 26.4 Å². The average molecular weight is 1030 g/mol. The summed E-state index contributed by atoms with van der Waals surface area (Å²) in [6.07, 6.45) is 64.6. The Balaban J connectivity index is 4.87. The first-order valence-electron chi connectivity index (χ1n) is 27.4. The van der Waals surface area contributed by atoms with Crippen LogP contribution in [0.1, 0.15) is 201 Å². The first kappa shape index (κ1) is 67.9. The van der Waals surface area contributed by atoms with Crippen molar-refractivity contribution in [1.82, 2.24) is 0 Å². The van der Waals surface area contributed by atoms with Gasteiger partial charge in [-0.25, -0.2) is 4.57 Å². The van der Waals surface area contributed by atoms with Crippen LogP contribution in [0.25, 0.3) is 0 Å². The van der Waals surface area contributed by atoms with Crippen molar-refractivity contribution in [1.29, 1.82) is 0 Å². The number of ether oxygens (including phenoxy) is 3. The van der Waals surface area contributed by atoms with Gasteiger partial charge >= 0.3 is 25.7 Å². The van der Waals surface area contributed by atoms with Crippen LogP contribution in [0.5, 0.6) is 0 Å². The number of hydrogen-bond donors (Lipinski definition) is 2. The Morgan fingerprint density at radius 2 is 0.722 bits per heavy atom. The molecule has 0 rings (SSSR count). The van der Waals surface area contributed by atoms with E-state index in [0.29, 0.717) is 19.3 Å². The number of aliphatic hydroxyl groups excluding tert-OH is 1. The van der Waals surface area contributed by atoms with Crippen LogP contribution in [0, 0.1) is 0 Å². The van der Waals surface area contributed by atoms with Crippen LogP contribution in [-0.2, 0) is 42.2 Å². The lowest BCUT2D eigenvalue weighted by Crippen LogP contribution is -2.30. The molecule has 11 nitrogen and oxygen atoms in total. The van der Waals surface area contributed by atoms with Gasteiger partial charge in [-0.1, -0.05) is 181 Å². The summed E-state index contributed by atoms with van der Waals surface area (Å²) in [6.45, 7) is 4.25. The summed E-state index contributed by atoms with van der Waals surface area (Å²) in [7, 11) is -4.77. The highest BCUT2D eigenvalue weighted by Gasteiger charge is 2.28. The number of carbonyl (C=O) groups is 3. The number of carbonyl (C=O) groups excluding carboxylic acids is 3. The van der Waals surface area contributed by atoms with Gasteiger partial charge in [0.25, 0.3) is 0 Å². The monoisotopic (exact) mass is 1020 g/mol. The van der Waals surface area contributed by atoms with Crippen molar-refractivity contribution >= 4 is 25.7 Å². The summed E-state index contributed by atoms with van der Waals surface area (Å²) in [4.78, 5) is 48.4. The Morgan fingerprint density at radius 3 is 1.17 bits per heavy atom. The van der Waals surface area contributed by atoms with Gasteiger partial charge in [0.15, 0.2) is 6.10 Å². The Bertz CT molecular complexity index is 1670. The van der Waals surface area contributed by atoms with Gasteiger partial charge in [-0.3, -0.25) is 23.4 Å². The number of phosphoric ester groups is 1. The number of allylic oxidation sites excluding steroid dienone is 20. The lowest BCUT2D eigenvalue weighted by Gasteiger charge is -2.21. The third-order valence-electron chi connectivity index (χ3n) is 10.8. The molecule has 0 fully saturated rings. The zero-order valence-corrected chi connectivity index (χ0v) is 45.7. The molecule has 3 atom stereocenters. The molecule has 0 spiro atoms. The minimum absolute atomic E-state index is 0.101. The second-order valence-corrected chi connectivity index (χ2v) is 19.1. The van der Waals surface area contributed by atoms with E-state index in [1.54, 1.807) is 0 Å². The fourth-order valence-corrected chi connectivity index (χ4v) is 7.49. The number of hydrogen-bond acceptors (Lipinski definition) is 10. The second kappa shape index (κ2) is 53.2. The summed E-state index contributed by atoms with van der Waals surface area (Å²) in [5.41, 5.74) is 0. The SMILES string of the molecule is CC/C=C\C/C=C\C/C=C\C/C=C\C/C=C\CCCCCC(=O)OCC(COP(=O)(O)OCC(CO)OC(=O)CCCCCCC/C=C\CCCC)OC(=O)CCCC/C=C\C/C=C\C/C=C\C/C=C\CC. The largest absolute Gasteiger partial charge is 0.472 e. The molecule has 0 aliphatic carbocycles. The molecule has 72 heavy (non-hydrogen) atoms. The Hall–Kier alpha value is -4.12. The van der Waals surface area contributed by atoms with Crippen molar-refractivity contribution in [3.05, 3.63) is 122 Å². The molecule has 0 aliphatic heterocycles. The van der Waals surface area contributed by atoms with E-state index >= 15 is 0 Å². The van der Waals surface area contributed by atoms with Gasteiger partial charge in [0.2, 0.25) is 0 Å². The molecule has 3 unspecified atom stereocenters. The maximum absolute atomic E-state index is 12.9. The van der Waals surface area contributed by atoms with Crippen molar-refractivity contribution in [3.63, 3.8) is 0 Å². The Kier molecular flexibility index (Phi) is 50.1. The van der Waals surface area contributed by atoms with Gasteiger partial charge in [0.1, 0.15) is 12.7 Å². The first-order valence-corrected chi connectivity index (χ1v) is 28.9. The number of aliphatic hydroxyl groups is 1. The molecule has 0 heterocycles. The van der Waals surface area contributed by atoms with Crippen molar-refractivity contribution in [3.8, 4) is 0 Å². The number of phosphoric acid groups is 1. The maximum atomic E-state index is 12.9. The lowest BCUT2D eigenvalue weighted by molar-refractivity contribution is -0.161. The van der Waals surface area contributed by atoms with Gasteiger partial charge < -0.3 is 24.2 Å². The van der Waals surface area contributed by atoms with Crippen LogP contribution >= 0.6 is 7.82 Å². The number of rotatable bonds is 49. The molecule has 12 heteroatoms. The average Bonchev–Trinajstić information content (AvgIpc) is 3.37. The van der Waals surface area contributed by atoms with Crippen LogP contribution < -0.4 is 0 Å². The quantitative estimate of drug-likeness (QED) is 0.0197. The van der Waals surface area contributed by atoms with Crippen LogP contribution in [0.2, 0.25) is 0 Å². The van der Waals surface area contributed by atoms with E-state index in [2.05, 4.69) is 142 Å². The van der Waals surface area contributed by atoms with Crippen LogP contribution in [0.3, 0.4) is 0 Å². The minimum atomic E-state index is -4.77. The van der Waals surface area contributed by atoms with Crippen molar-refractivity contribution in [2.45, 2.75) is 213 Å². The topological polar surface area (TPSA) is 155 Å². The van der Waals surface area contributed by atoms with E-state index in [0.717, 1.165) is 128 Å². The minimum Gasteiger partial charge on any atom is -0.462 e. The third kappa shape index (κ3) is 50.8. The van der Waals surface area contributed by atoms with Gasteiger partial charge in [-0.15, -0.1) is 0 Å². The Morgan fingerprint density at radius 1 is 0.403 bits per heavy atom. The van der Waals surface area contributed by atoms with E-state index in [4.69, 9.17) is 23.3 Å². The number of esters is 3. The highest BCUT2D eigenvalue weighted by molar-refractivity contribution is 7.47.